The largest absolute Gasteiger partial charge is 0.264 e. The van der Waals surface area contributed by atoms with Crippen molar-refractivity contribution in [2.75, 3.05) is 0 Å². The highest BCUT2D eigenvalue weighted by Gasteiger charge is 1.95. The van der Waals surface area contributed by atoms with E-state index in [0.717, 1.165) is 5.57 Å². The van der Waals surface area contributed by atoms with Crippen LogP contribution in [0, 0.1) is 0 Å². The number of aromatic nitrogens is 1. The molecule has 2 rings (SSSR count). The van der Waals surface area contributed by atoms with Gasteiger partial charge in [0.15, 0.2) is 0 Å². The molecule has 1 nitrogen and oxygen atoms in total. The molecule has 64 valence electrons. The van der Waals surface area contributed by atoms with Gasteiger partial charge in [-0.05, 0) is 30.0 Å². The maximum Gasteiger partial charge on any atom is 0.0346 e. The van der Waals surface area contributed by atoms with Crippen molar-refractivity contribution in [3.63, 3.8) is 0 Å². The molecule has 0 aliphatic heterocycles. The van der Waals surface area contributed by atoms with Crippen LogP contribution >= 0.6 is 0 Å². The van der Waals surface area contributed by atoms with Crippen molar-refractivity contribution in [3.8, 4) is 0 Å². The van der Waals surface area contributed by atoms with E-state index >= 15 is 0 Å². The minimum atomic E-state index is 1.09. The van der Waals surface area contributed by atoms with E-state index in [1.165, 1.54) is 16.3 Å². The smallest absolute Gasteiger partial charge is 0.0346 e. The number of hydrogen-bond acceptors (Lipinski definition) is 1. The van der Waals surface area contributed by atoms with Crippen molar-refractivity contribution >= 4 is 16.3 Å². The fourth-order valence-corrected chi connectivity index (χ4v) is 1.35. The Kier molecular flexibility index (Phi) is 1.85. The highest BCUT2D eigenvalue weighted by molar-refractivity contribution is 5.84. The van der Waals surface area contributed by atoms with Gasteiger partial charge in [-0.25, -0.2) is 0 Å². The molecule has 0 aliphatic carbocycles. The van der Waals surface area contributed by atoms with E-state index in [1.807, 2.05) is 25.4 Å². The molecule has 2 aromatic rings. The number of allylic oxidation sites excluding steroid dienone is 1. The van der Waals surface area contributed by atoms with Gasteiger partial charge in [0.25, 0.3) is 0 Å². The standard InChI is InChI=1S/C12H11N/c1-9(2)11-4-3-10-5-6-13-8-12(10)7-11/h3-8H,1H2,2H3. The summed E-state index contributed by atoms with van der Waals surface area (Å²) in [7, 11) is 0. The van der Waals surface area contributed by atoms with Crippen molar-refractivity contribution in [1.29, 1.82) is 0 Å². The number of hydrogen-bond donors (Lipinski definition) is 0. The van der Waals surface area contributed by atoms with E-state index in [4.69, 9.17) is 0 Å². The van der Waals surface area contributed by atoms with Gasteiger partial charge in [0.05, 0.1) is 0 Å². The van der Waals surface area contributed by atoms with Gasteiger partial charge in [0.1, 0.15) is 0 Å². The molecule has 0 unspecified atom stereocenters. The summed E-state index contributed by atoms with van der Waals surface area (Å²) in [6.45, 7) is 5.92. The zero-order chi connectivity index (χ0) is 9.26. The Balaban J connectivity index is 2.69. The molecule has 1 heteroatoms. The average molecular weight is 169 g/mol. The molecule has 0 amide bonds. The minimum Gasteiger partial charge on any atom is -0.264 e. The highest BCUT2D eigenvalue weighted by Crippen LogP contribution is 2.18. The van der Waals surface area contributed by atoms with Crippen LogP contribution < -0.4 is 0 Å². The molecule has 0 atom stereocenters. The summed E-state index contributed by atoms with van der Waals surface area (Å²) in [6, 6.07) is 8.31. The summed E-state index contributed by atoms with van der Waals surface area (Å²) in [5.41, 5.74) is 2.27. The zero-order valence-electron chi connectivity index (χ0n) is 7.62. The molecule has 0 N–H and O–H groups in total. The zero-order valence-corrected chi connectivity index (χ0v) is 7.62. The maximum absolute atomic E-state index is 4.08. The molecule has 1 heterocycles. The molecule has 0 fully saturated rings. The molecule has 1 aromatic heterocycles. The number of benzene rings is 1. The first-order valence-corrected chi connectivity index (χ1v) is 4.27. The second-order valence-corrected chi connectivity index (χ2v) is 3.22. The van der Waals surface area contributed by atoms with Gasteiger partial charge in [-0.15, -0.1) is 0 Å². The van der Waals surface area contributed by atoms with Crippen molar-refractivity contribution in [1.82, 2.24) is 4.98 Å². The second-order valence-electron chi connectivity index (χ2n) is 3.22. The quantitative estimate of drug-likeness (QED) is 0.638. The van der Waals surface area contributed by atoms with Crippen LogP contribution in [0.3, 0.4) is 0 Å². The van der Waals surface area contributed by atoms with Gasteiger partial charge >= 0.3 is 0 Å². The van der Waals surface area contributed by atoms with Gasteiger partial charge in [-0.3, -0.25) is 4.98 Å². The van der Waals surface area contributed by atoms with Crippen LogP contribution in [0.15, 0.2) is 43.2 Å². The fourth-order valence-electron chi connectivity index (χ4n) is 1.35. The fraction of sp³-hybridized carbons (Fsp3) is 0.0833. The van der Waals surface area contributed by atoms with Gasteiger partial charge in [-0.1, -0.05) is 24.3 Å². The first-order valence-electron chi connectivity index (χ1n) is 4.27. The minimum absolute atomic E-state index is 1.09. The summed E-state index contributed by atoms with van der Waals surface area (Å²) >= 11 is 0. The van der Waals surface area contributed by atoms with Crippen molar-refractivity contribution in [2.24, 2.45) is 0 Å². The second kappa shape index (κ2) is 3.02. The third-order valence-electron chi connectivity index (χ3n) is 2.13. The predicted octanol–water partition coefficient (Wildman–Crippen LogP) is 3.27. The van der Waals surface area contributed by atoms with Crippen molar-refractivity contribution in [3.05, 3.63) is 48.8 Å². The van der Waals surface area contributed by atoms with Gasteiger partial charge in [0, 0.05) is 17.8 Å². The summed E-state index contributed by atoms with van der Waals surface area (Å²) in [6.07, 6.45) is 3.69. The number of fused-ring (bicyclic) bond motifs is 1. The molecule has 0 saturated carbocycles. The third-order valence-corrected chi connectivity index (χ3v) is 2.13. The van der Waals surface area contributed by atoms with E-state index in [9.17, 15) is 0 Å². The van der Waals surface area contributed by atoms with Crippen molar-refractivity contribution in [2.45, 2.75) is 6.92 Å². The van der Waals surface area contributed by atoms with E-state index in [-0.39, 0.29) is 0 Å². The SMILES string of the molecule is C=C(C)c1ccc2ccncc2c1. The Morgan fingerprint density at radius 2 is 2.08 bits per heavy atom. The summed E-state index contributed by atoms with van der Waals surface area (Å²) in [4.78, 5) is 4.08. The summed E-state index contributed by atoms with van der Waals surface area (Å²) in [5.74, 6) is 0. The average Bonchev–Trinajstić information content (AvgIpc) is 2.17. The van der Waals surface area contributed by atoms with Crippen LogP contribution in [0.5, 0.6) is 0 Å². The Labute approximate surface area is 77.7 Å². The van der Waals surface area contributed by atoms with E-state index < -0.39 is 0 Å². The monoisotopic (exact) mass is 169 g/mol. The van der Waals surface area contributed by atoms with E-state index in [2.05, 4.69) is 29.8 Å². The van der Waals surface area contributed by atoms with Crippen LogP contribution in [0.25, 0.3) is 16.3 Å². The van der Waals surface area contributed by atoms with Gasteiger partial charge < -0.3 is 0 Å². The number of rotatable bonds is 1. The highest BCUT2D eigenvalue weighted by atomic mass is 14.6. The van der Waals surface area contributed by atoms with Crippen LogP contribution in [0.2, 0.25) is 0 Å². The number of nitrogens with zero attached hydrogens (tertiary/aromatic N) is 1. The summed E-state index contributed by atoms with van der Waals surface area (Å²) < 4.78 is 0. The lowest BCUT2D eigenvalue weighted by atomic mass is 10.1. The Morgan fingerprint density at radius 1 is 1.23 bits per heavy atom. The van der Waals surface area contributed by atoms with Crippen LogP contribution in [0.1, 0.15) is 12.5 Å². The lowest BCUT2D eigenvalue weighted by molar-refractivity contribution is 1.36. The van der Waals surface area contributed by atoms with Crippen LogP contribution in [-0.2, 0) is 0 Å². The Bertz CT molecular complexity index is 457. The van der Waals surface area contributed by atoms with Crippen LogP contribution in [-0.4, -0.2) is 4.98 Å². The Morgan fingerprint density at radius 3 is 2.85 bits per heavy atom. The predicted molar refractivity (Wildman–Crippen MR) is 56.5 cm³/mol. The number of pyridine rings is 1. The first-order chi connectivity index (χ1) is 6.27. The Hall–Kier alpha value is -1.63. The molecule has 0 bridgehead atoms. The lowest BCUT2D eigenvalue weighted by Crippen LogP contribution is -1.79. The van der Waals surface area contributed by atoms with Crippen LogP contribution in [0.4, 0.5) is 0 Å². The lowest BCUT2D eigenvalue weighted by Gasteiger charge is -2.01. The topological polar surface area (TPSA) is 12.9 Å². The molecule has 0 saturated heterocycles. The molecular weight excluding hydrogens is 158 g/mol. The maximum atomic E-state index is 4.08. The van der Waals surface area contributed by atoms with Gasteiger partial charge in [-0.2, -0.15) is 0 Å². The first kappa shape index (κ1) is 7.99. The van der Waals surface area contributed by atoms with E-state index in [1.54, 1.807) is 0 Å². The molecule has 0 spiro atoms. The molecule has 13 heavy (non-hydrogen) atoms. The van der Waals surface area contributed by atoms with Gasteiger partial charge in [0.2, 0.25) is 0 Å². The third kappa shape index (κ3) is 1.45. The molecule has 0 aliphatic rings. The molecule has 1 aromatic carbocycles. The van der Waals surface area contributed by atoms with Crippen molar-refractivity contribution < 1.29 is 0 Å². The molecule has 0 radical (unpaired) electrons. The molecular formula is C12H11N. The van der Waals surface area contributed by atoms with E-state index in [0.29, 0.717) is 0 Å². The summed E-state index contributed by atoms with van der Waals surface area (Å²) in [5, 5.41) is 2.39. The normalized spacial score (nSPS) is 10.2.